The molecule has 0 aliphatic carbocycles. The highest BCUT2D eigenvalue weighted by Gasteiger charge is 1.99. The number of ether oxygens (including phenoxy) is 1. The van der Waals surface area contributed by atoms with Crippen molar-refractivity contribution in [3.63, 3.8) is 0 Å². The second kappa shape index (κ2) is 6.85. The molecule has 1 aromatic rings. The Bertz CT molecular complexity index is 273. The zero-order chi connectivity index (χ0) is 11.1. The molecule has 0 aromatic heterocycles. The van der Waals surface area contributed by atoms with Crippen LogP contribution in [0.2, 0.25) is 0 Å². The Labute approximate surface area is 100 Å². The lowest BCUT2D eigenvalue weighted by Gasteiger charge is -2.12. The lowest BCUT2D eigenvalue weighted by Crippen LogP contribution is -2.27. The van der Waals surface area contributed by atoms with Crippen molar-refractivity contribution in [2.75, 3.05) is 13.2 Å². The lowest BCUT2D eigenvalue weighted by atomic mass is 10.2. The van der Waals surface area contributed by atoms with E-state index in [4.69, 9.17) is 4.74 Å². The van der Waals surface area contributed by atoms with Crippen LogP contribution in [0, 0.1) is 0 Å². The summed E-state index contributed by atoms with van der Waals surface area (Å²) in [6.45, 7) is 6.07. The Morgan fingerprint density at radius 3 is 2.60 bits per heavy atom. The van der Waals surface area contributed by atoms with Gasteiger partial charge in [0.25, 0.3) is 0 Å². The lowest BCUT2D eigenvalue weighted by molar-refractivity contribution is 0.291. The number of halogens is 1. The van der Waals surface area contributed by atoms with Gasteiger partial charge in [0, 0.05) is 10.5 Å². The van der Waals surface area contributed by atoms with Gasteiger partial charge < -0.3 is 10.1 Å². The van der Waals surface area contributed by atoms with Crippen LogP contribution in [-0.2, 0) is 0 Å². The van der Waals surface area contributed by atoms with E-state index in [1.54, 1.807) is 0 Å². The van der Waals surface area contributed by atoms with Crippen LogP contribution < -0.4 is 10.1 Å². The van der Waals surface area contributed by atoms with Crippen molar-refractivity contribution < 1.29 is 4.74 Å². The summed E-state index contributed by atoms with van der Waals surface area (Å²) in [5, 5.41) is 3.35. The van der Waals surface area contributed by atoms with E-state index in [2.05, 4.69) is 35.1 Å². The van der Waals surface area contributed by atoms with Gasteiger partial charge in [-0.15, -0.1) is 0 Å². The van der Waals surface area contributed by atoms with Gasteiger partial charge in [-0.1, -0.05) is 22.9 Å². The van der Waals surface area contributed by atoms with Gasteiger partial charge >= 0.3 is 0 Å². The van der Waals surface area contributed by atoms with E-state index >= 15 is 0 Å². The Kier molecular flexibility index (Phi) is 5.73. The molecular formula is C12H18BrNO. The molecule has 1 unspecified atom stereocenters. The minimum absolute atomic E-state index is 0.519. The van der Waals surface area contributed by atoms with Crippen LogP contribution in [0.3, 0.4) is 0 Å². The minimum Gasteiger partial charge on any atom is -0.494 e. The molecule has 1 N–H and O–H groups in total. The van der Waals surface area contributed by atoms with E-state index in [1.807, 2.05) is 24.3 Å². The fraction of sp³-hybridized carbons (Fsp3) is 0.500. The van der Waals surface area contributed by atoms with Gasteiger partial charge in [0.1, 0.15) is 5.75 Å². The van der Waals surface area contributed by atoms with E-state index < -0.39 is 0 Å². The van der Waals surface area contributed by atoms with Gasteiger partial charge in [-0.25, -0.2) is 0 Å². The van der Waals surface area contributed by atoms with Gasteiger partial charge in [-0.2, -0.15) is 0 Å². The zero-order valence-corrected chi connectivity index (χ0v) is 10.9. The average Bonchev–Trinajstić information content (AvgIpc) is 2.21. The number of hydrogen-bond donors (Lipinski definition) is 1. The first-order valence-corrected chi connectivity index (χ1v) is 6.13. The van der Waals surface area contributed by atoms with Gasteiger partial charge in [-0.05, 0) is 44.2 Å². The molecule has 0 aliphatic rings. The summed E-state index contributed by atoms with van der Waals surface area (Å²) in [5.74, 6) is 0.932. The highest BCUT2D eigenvalue weighted by molar-refractivity contribution is 9.10. The molecule has 3 heteroatoms. The van der Waals surface area contributed by atoms with Crippen LogP contribution in [0.25, 0.3) is 0 Å². The quantitative estimate of drug-likeness (QED) is 0.858. The predicted molar refractivity (Wildman–Crippen MR) is 67.4 cm³/mol. The van der Waals surface area contributed by atoms with Crippen LogP contribution in [0.15, 0.2) is 28.7 Å². The van der Waals surface area contributed by atoms with E-state index in [-0.39, 0.29) is 0 Å². The van der Waals surface area contributed by atoms with Crippen molar-refractivity contribution in [3.05, 3.63) is 28.7 Å². The molecule has 0 saturated heterocycles. The topological polar surface area (TPSA) is 21.3 Å². The number of nitrogens with one attached hydrogen (secondary N) is 1. The summed E-state index contributed by atoms with van der Waals surface area (Å²) in [7, 11) is 0. The maximum atomic E-state index is 5.62. The first kappa shape index (κ1) is 12.5. The van der Waals surface area contributed by atoms with Crippen molar-refractivity contribution in [2.45, 2.75) is 26.3 Å². The van der Waals surface area contributed by atoms with Crippen LogP contribution in [-0.4, -0.2) is 19.2 Å². The van der Waals surface area contributed by atoms with E-state index in [0.29, 0.717) is 6.04 Å². The molecule has 0 radical (unpaired) electrons. The van der Waals surface area contributed by atoms with Crippen molar-refractivity contribution >= 4 is 15.9 Å². The molecular weight excluding hydrogens is 254 g/mol. The van der Waals surface area contributed by atoms with Crippen LogP contribution in [0.5, 0.6) is 5.75 Å². The minimum atomic E-state index is 0.519. The maximum Gasteiger partial charge on any atom is 0.119 e. The summed E-state index contributed by atoms with van der Waals surface area (Å²) in [6.07, 6.45) is 1.03. The third-order valence-corrected chi connectivity index (χ3v) is 2.71. The highest BCUT2D eigenvalue weighted by atomic mass is 79.9. The molecule has 84 valence electrons. The molecule has 1 aromatic carbocycles. The van der Waals surface area contributed by atoms with E-state index in [1.165, 1.54) is 0 Å². The molecule has 0 amide bonds. The molecule has 1 rings (SSSR count). The third-order valence-electron chi connectivity index (χ3n) is 2.19. The number of rotatable bonds is 6. The van der Waals surface area contributed by atoms with Gasteiger partial charge in [0.05, 0.1) is 6.61 Å². The van der Waals surface area contributed by atoms with Gasteiger partial charge in [0.2, 0.25) is 0 Å². The van der Waals surface area contributed by atoms with Crippen molar-refractivity contribution in [3.8, 4) is 5.75 Å². The molecule has 0 saturated carbocycles. The molecule has 0 bridgehead atoms. The number of benzene rings is 1. The fourth-order valence-corrected chi connectivity index (χ4v) is 1.60. The van der Waals surface area contributed by atoms with E-state index in [9.17, 15) is 0 Å². The summed E-state index contributed by atoms with van der Waals surface area (Å²) < 4.78 is 6.70. The Hall–Kier alpha value is -0.540. The van der Waals surface area contributed by atoms with Crippen molar-refractivity contribution in [1.29, 1.82) is 0 Å². The molecule has 1 atom stereocenters. The second-order valence-corrected chi connectivity index (χ2v) is 4.47. The standard InChI is InChI=1S/C12H18BrNO/c1-3-14-10(2)8-9-15-12-6-4-11(13)5-7-12/h4-7,10,14H,3,8-9H2,1-2H3. The summed E-state index contributed by atoms with van der Waals surface area (Å²) in [4.78, 5) is 0. The zero-order valence-electron chi connectivity index (χ0n) is 9.29. The van der Waals surface area contributed by atoms with Crippen LogP contribution in [0.4, 0.5) is 0 Å². The fourth-order valence-electron chi connectivity index (χ4n) is 1.33. The van der Waals surface area contributed by atoms with Gasteiger partial charge in [-0.3, -0.25) is 0 Å². The van der Waals surface area contributed by atoms with Crippen molar-refractivity contribution in [1.82, 2.24) is 5.32 Å². The smallest absolute Gasteiger partial charge is 0.119 e. The van der Waals surface area contributed by atoms with Crippen molar-refractivity contribution in [2.24, 2.45) is 0 Å². The molecule has 0 heterocycles. The Balaban J connectivity index is 2.22. The predicted octanol–water partition coefficient (Wildman–Crippen LogP) is 3.22. The van der Waals surface area contributed by atoms with Crippen LogP contribution in [0.1, 0.15) is 20.3 Å². The second-order valence-electron chi connectivity index (χ2n) is 3.55. The normalized spacial score (nSPS) is 12.5. The highest BCUT2D eigenvalue weighted by Crippen LogP contribution is 2.16. The van der Waals surface area contributed by atoms with Gasteiger partial charge in [0.15, 0.2) is 0 Å². The SMILES string of the molecule is CCNC(C)CCOc1ccc(Br)cc1. The molecule has 0 fully saturated rings. The monoisotopic (exact) mass is 271 g/mol. The summed E-state index contributed by atoms with van der Waals surface area (Å²) in [5.41, 5.74) is 0. The molecule has 0 spiro atoms. The Morgan fingerprint density at radius 1 is 1.33 bits per heavy atom. The average molecular weight is 272 g/mol. The summed E-state index contributed by atoms with van der Waals surface area (Å²) >= 11 is 3.39. The Morgan fingerprint density at radius 2 is 2.00 bits per heavy atom. The largest absolute Gasteiger partial charge is 0.494 e. The molecule has 0 aliphatic heterocycles. The van der Waals surface area contributed by atoms with Crippen LogP contribution >= 0.6 is 15.9 Å². The summed E-state index contributed by atoms with van der Waals surface area (Å²) in [6, 6.07) is 8.45. The van der Waals surface area contributed by atoms with E-state index in [0.717, 1.165) is 29.8 Å². The first-order valence-electron chi connectivity index (χ1n) is 5.34. The maximum absolute atomic E-state index is 5.62. The first-order chi connectivity index (χ1) is 7.22. The third kappa shape index (κ3) is 5.19. The molecule has 2 nitrogen and oxygen atoms in total. The number of hydrogen-bond acceptors (Lipinski definition) is 2. The molecule has 15 heavy (non-hydrogen) atoms.